The molecule has 1 heterocycles. The van der Waals surface area contributed by atoms with E-state index in [1.165, 1.54) is 12.1 Å². The van der Waals surface area contributed by atoms with Gasteiger partial charge in [-0.05, 0) is 36.8 Å². The van der Waals surface area contributed by atoms with Crippen LogP contribution in [-0.2, 0) is 16.1 Å². The Kier molecular flexibility index (Phi) is 5.21. The first-order chi connectivity index (χ1) is 12.5. The molecule has 2 amide bonds. The smallest absolute Gasteiger partial charge is 0.267 e. The quantitative estimate of drug-likeness (QED) is 0.828. The van der Waals surface area contributed by atoms with Crippen molar-refractivity contribution >= 4 is 17.5 Å². The molecule has 5 nitrogen and oxygen atoms in total. The van der Waals surface area contributed by atoms with E-state index < -0.39 is 6.10 Å². The van der Waals surface area contributed by atoms with Gasteiger partial charge in [0, 0.05) is 26.6 Å². The van der Waals surface area contributed by atoms with Crippen LogP contribution in [0.5, 0.6) is 5.75 Å². The summed E-state index contributed by atoms with van der Waals surface area (Å²) in [4.78, 5) is 28.1. The molecule has 0 saturated carbocycles. The molecular formula is C20H21FN2O3. The normalized spacial score (nSPS) is 16.0. The maximum Gasteiger partial charge on any atom is 0.267 e. The summed E-state index contributed by atoms with van der Waals surface area (Å²) in [6, 6.07) is 13.4. The molecule has 6 heteroatoms. The molecule has 0 aromatic heterocycles. The maximum atomic E-state index is 13.0. The molecule has 0 aliphatic carbocycles. The van der Waals surface area contributed by atoms with Gasteiger partial charge in [-0.3, -0.25) is 9.59 Å². The largest absolute Gasteiger partial charge is 0.479 e. The monoisotopic (exact) mass is 356 g/mol. The van der Waals surface area contributed by atoms with Crippen molar-refractivity contribution in [3.05, 3.63) is 59.9 Å². The minimum atomic E-state index is -0.572. The zero-order chi connectivity index (χ0) is 18.7. The van der Waals surface area contributed by atoms with E-state index in [0.717, 1.165) is 5.56 Å². The summed E-state index contributed by atoms with van der Waals surface area (Å²) >= 11 is 0. The third-order valence-corrected chi connectivity index (χ3v) is 4.38. The highest BCUT2D eigenvalue weighted by molar-refractivity contribution is 6.00. The molecule has 1 aliphatic rings. The van der Waals surface area contributed by atoms with E-state index in [1.54, 1.807) is 35.9 Å². The van der Waals surface area contributed by atoms with Gasteiger partial charge in [-0.2, -0.15) is 0 Å². The Morgan fingerprint density at radius 2 is 1.88 bits per heavy atom. The Hall–Kier alpha value is -2.89. The fourth-order valence-electron chi connectivity index (χ4n) is 2.94. The lowest BCUT2D eigenvalue weighted by molar-refractivity contribution is -0.130. The van der Waals surface area contributed by atoms with Crippen LogP contribution >= 0.6 is 0 Å². The number of hydrogen-bond donors (Lipinski definition) is 0. The van der Waals surface area contributed by atoms with Crippen molar-refractivity contribution in [1.29, 1.82) is 0 Å². The first kappa shape index (κ1) is 17.9. The van der Waals surface area contributed by atoms with E-state index in [-0.39, 0.29) is 30.6 Å². The van der Waals surface area contributed by atoms with Crippen LogP contribution < -0.4 is 9.64 Å². The van der Waals surface area contributed by atoms with Crippen molar-refractivity contribution in [2.75, 3.05) is 18.5 Å². The third-order valence-electron chi connectivity index (χ3n) is 4.38. The number of anilines is 1. The standard InChI is InChI=1S/C20H21FN2O3/c1-14-20(25)23(17-5-3-4-6-18(17)26-14)12-11-19(24)22(2)13-15-7-9-16(21)10-8-15/h3-10,14H,11-13H2,1-2H3. The van der Waals surface area contributed by atoms with Crippen molar-refractivity contribution in [2.24, 2.45) is 0 Å². The summed E-state index contributed by atoms with van der Waals surface area (Å²) in [6.07, 6.45) is -0.373. The first-order valence-electron chi connectivity index (χ1n) is 8.51. The molecule has 0 fully saturated rings. The fourth-order valence-corrected chi connectivity index (χ4v) is 2.94. The number of fused-ring (bicyclic) bond motifs is 1. The van der Waals surface area contributed by atoms with Crippen LogP contribution in [0.3, 0.4) is 0 Å². The molecule has 0 radical (unpaired) electrons. The van der Waals surface area contributed by atoms with Crippen LogP contribution in [0.1, 0.15) is 18.9 Å². The van der Waals surface area contributed by atoms with Crippen molar-refractivity contribution < 1.29 is 18.7 Å². The van der Waals surface area contributed by atoms with Gasteiger partial charge in [0.05, 0.1) is 5.69 Å². The maximum absolute atomic E-state index is 13.0. The highest BCUT2D eigenvalue weighted by atomic mass is 19.1. The van der Waals surface area contributed by atoms with Gasteiger partial charge in [0.25, 0.3) is 5.91 Å². The number of carbonyl (C=O) groups is 2. The van der Waals surface area contributed by atoms with Crippen molar-refractivity contribution in [3.8, 4) is 5.75 Å². The molecule has 26 heavy (non-hydrogen) atoms. The lowest BCUT2D eigenvalue weighted by Crippen LogP contribution is -2.45. The van der Waals surface area contributed by atoms with Crippen LogP contribution in [0.2, 0.25) is 0 Å². The number of benzene rings is 2. The second-order valence-electron chi connectivity index (χ2n) is 6.34. The van der Waals surface area contributed by atoms with Crippen LogP contribution in [0.15, 0.2) is 48.5 Å². The predicted octanol–water partition coefficient (Wildman–Crippen LogP) is 2.99. The zero-order valence-corrected chi connectivity index (χ0v) is 14.8. The Labute approximate surface area is 152 Å². The number of halogens is 1. The zero-order valence-electron chi connectivity index (χ0n) is 14.8. The van der Waals surface area contributed by atoms with Crippen LogP contribution in [0, 0.1) is 5.82 Å². The average Bonchev–Trinajstić information content (AvgIpc) is 2.63. The van der Waals surface area contributed by atoms with Gasteiger partial charge in [-0.15, -0.1) is 0 Å². The van der Waals surface area contributed by atoms with Crippen molar-refractivity contribution in [2.45, 2.75) is 26.0 Å². The van der Waals surface area contributed by atoms with Crippen LogP contribution in [0.25, 0.3) is 0 Å². The van der Waals surface area contributed by atoms with E-state index in [9.17, 15) is 14.0 Å². The molecule has 0 spiro atoms. The lowest BCUT2D eigenvalue weighted by Gasteiger charge is -2.33. The van der Waals surface area contributed by atoms with Crippen LogP contribution in [-0.4, -0.2) is 36.4 Å². The highest BCUT2D eigenvalue weighted by Crippen LogP contribution is 2.33. The fraction of sp³-hybridized carbons (Fsp3) is 0.300. The van der Waals surface area contributed by atoms with Gasteiger partial charge < -0.3 is 14.5 Å². The minimum Gasteiger partial charge on any atom is -0.479 e. The molecule has 0 bridgehead atoms. The summed E-state index contributed by atoms with van der Waals surface area (Å²) < 4.78 is 18.6. The minimum absolute atomic E-state index is 0.0845. The number of hydrogen-bond acceptors (Lipinski definition) is 3. The van der Waals surface area contributed by atoms with Gasteiger partial charge in [-0.25, -0.2) is 4.39 Å². The average molecular weight is 356 g/mol. The van der Waals surface area contributed by atoms with Crippen LogP contribution in [0.4, 0.5) is 10.1 Å². The van der Waals surface area contributed by atoms with Gasteiger partial charge >= 0.3 is 0 Å². The first-order valence-corrected chi connectivity index (χ1v) is 8.51. The van der Waals surface area contributed by atoms with Gasteiger partial charge in [0.1, 0.15) is 11.6 Å². The second kappa shape index (κ2) is 7.56. The molecule has 0 saturated heterocycles. The van der Waals surface area contributed by atoms with Gasteiger partial charge in [0.2, 0.25) is 5.91 Å². The second-order valence-corrected chi connectivity index (χ2v) is 6.34. The van der Waals surface area contributed by atoms with E-state index in [0.29, 0.717) is 18.0 Å². The summed E-state index contributed by atoms with van der Waals surface area (Å²) in [5.74, 6) is 0.101. The van der Waals surface area contributed by atoms with E-state index >= 15 is 0 Å². The Bertz CT molecular complexity index is 807. The number of para-hydroxylation sites is 2. The topological polar surface area (TPSA) is 49.9 Å². The Morgan fingerprint density at radius 3 is 2.62 bits per heavy atom. The molecule has 1 atom stereocenters. The summed E-state index contributed by atoms with van der Waals surface area (Å²) in [7, 11) is 1.70. The molecule has 0 N–H and O–H groups in total. The molecule has 136 valence electrons. The van der Waals surface area contributed by atoms with E-state index in [4.69, 9.17) is 4.74 Å². The number of nitrogens with zero attached hydrogens (tertiary/aromatic N) is 2. The summed E-state index contributed by atoms with van der Waals surface area (Å²) in [6.45, 7) is 2.38. The number of amides is 2. The lowest BCUT2D eigenvalue weighted by atomic mass is 10.1. The van der Waals surface area contributed by atoms with Gasteiger partial charge in [0.15, 0.2) is 6.10 Å². The molecule has 2 aromatic rings. The van der Waals surface area contributed by atoms with Gasteiger partial charge in [-0.1, -0.05) is 24.3 Å². The van der Waals surface area contributed by atoms with Crippen molar-refractivity contribution in [1.82, 2.24) is 4.90 Å². The SMILES string of the molecule is CC1Oc2ccccc2N(CCC(=O)N(C)Cc2ccc(F)cc2)C1=O. The molecule has 2 aromatic carbocycles. The predicted molar refractivity (Wildman–Crippen MR) is 96.4 cm³/mol. The molecule has 1 unspecified atom stereocenters. The van der Waals surface area contributed by atoms with Crippen molar-refractivity contribution in [3.63, 3.8) is 0 Å². The molecular weight excluding hydrogens is 335 g/mol. The highest BCUT2D eigenvalue weighted by Gasteiger charge is 2.31. The number of rotatable bonds is 5. The summed E-state index contributed by atoms with van der Waals surface area (Å²) in [5.41, 5.74) is 1.54. The van der Waals surface area contributed by atoms with E-state index in [1.807, 2.05) is 24.3 Å². The Morgan fingerprint density at radius 1 is 1.19 bits per heavy atom. The molecule has 3 rings (SSSR count). The van der Waals surface area contributed by atoms with E-state index in [2.05, 4.69) is 0 Å². The number of carbonyl (C=O) groups excluding carboxylic acids is 2. The molecule has 1 aliphatic heterocycles. The third kappa shape index (κ3) is 3.85. The number of ether oxygens (including phenoxy) is 1. The summed E-state index contributed by atoms with van der Waals surface area (Å²) in [5, 5.41) is 0. The Balaban J connectivity index is 1.63.